The Kier molecular flexibility index (Phi) is 6.61. The van der Waals surface area contributed by atoms with E-state index in [-0.39, 0.29) is 50.7 Å². The van der Waals surface area contributed by atoms with Gasteiger partial charge in [-0.2, -0.15) is 0 Å². The molecule has 0 unspecified atom stereocenters. The Morgan fingerprint density at radius 3 is 1.57 bits per heavy atom. The van der Waals surface area contributed by atoms with Gasteiger partial charge in [0.15, 0.2) is 0 Å². The van der Waals surface area contributed by atoms with Crippen LogP contribution >= 0.6 is 0 Å². The second-order valence-corrected chi connectivity index (χ2v) is 6.83. The number of imide groups is 2. The first-order chi connectivity index (χ1) is 13.1. The normalized spacial score (nSPS) is 16.7. The highest BCUT2D eigenvalue weighted by Gasteiger charge is 2.31. The third kappa shape index (κ3) is 4.79. The summed E-state index contributed by atoms with van der Waals surface area (Å²) < 4.78 is 0. The van der Waals surface area contributed by atoms with Crippen molar-refractivity contribution in [1.29, 1.82) is 0 Å². The fraction of sp³-hybridized carbons (Fsp3) is 0.474. The fourth-order valence-corrected chi connectivity index (χ4v) is 2.94. The molecule has 0 fully saturated rings. The molecule has 0 saturated heterocycles. The average molecular weight is 389 g/mol. The van der Waals surface area contributed by atoms with Gasteiger partial charge in [0.25, 0.3) is 23.6 Å². The Hall–Kier alpha value is -3.10. The summed E-state index contributed by atoms with van der Waals surface area (Å²) in [7, 11) is 0. The van der Waals surface area contributed by atoms with Crippen molar-refractivity contribution in [2.45, 2.75) is 33.6 Å². The van der Waals surface area contributed by atoms with Crippen LogP contribution in [-0.4, -0.2) is 76.2 Å². The summed E-state index contributed by atoms with van der Waals surface area (Å²) in [6, 6.07) is 0. The zero-order valence-electron chi connectivity index (χ0n) is 16.2. The molecular formula is C19H23N3O6. The van der Waals surface area contributed by atoms with Gasteiger partial charge in [-0.1, -0.05) is 0 Å². The van der Waals surface area contributed by atoms with Gasteiger partial charge in [-0.05, 0) is 20.8 Å². The van der Waals surface area contributed by atoms with Gasteiger partial charge in [0.05, 0.1) is 0 Å². The lowest BCUT2D eigenvalue weighted by molar-refractivity contribution is -0.140. The maximum atomic E-state index is 12.5. The number of Topliss-reactive ketones (excluding diaryl/α,β-unsaturated/α-hetero) is 1. The molecule has 0 atom stereocenters. The Balaban J connectivity index is 2.01. The van der Waals surface area contributed by atoms with E-state index in [0.29, 0.717) is 11.1 Å². The van der Waals surface area contributed by atoms with Crippen molar-refractivity contribution in [2.24, 2.45) is 0 Å². The number of carbonyl (C=O) groups excluding carboxylic acids is 6. The largest absolute Gasteiger partial charge is 0.339 e. The lowest BCUT2D eigenvalue weighted by Crippen LogP contribution is -2.45. The Morgan fingerprint density at radius 1 is 0.821 bits per heavy atom. The van der Waals surface area contributed by atoms with E-state index in [9.17, 15) is 28.8 Å². The van der Waals surface area contributed by atoms with Gasteiger partial charge in [-0.25, -0.2) is 0 Å². The summed E-state index contributed by atoms with van der Waals surface area (Å²) in [6.07, 6.45) is 2.52. The minimum atomic E-state index is -0.441. The molecule has 0 aliphatic carbocycles. The second-order valence-electron chi connectivity index (χ2n) is 6.83. The number of nitrogens with zero attached hydrogens (tertiary/aromatic N) is 3. The Bertz CT molecular complexity index is 758. The summed E-state index contributed by atoms with van der Waals surface area (Å²) in [5.41, 5.74) is 0.656. The van der Waals surface area contributed by atoms with E-state index < -0.39 is 23.6 Å². The highest BCUT2D eigenvalue weighted by atomic mass is 16.2. The van der Waals surface area contributed by atoms with E-state index in [2.05, 4.69) is 0 Å². The molecule has 0 saturated carbocycles. The molecule has 0 N–H and O–H groups in total. The first-order valence-electron chi connectivity index (χ1n) is 8.97. The van der Waals surface area contributed by atoms with Gasteiger partial charge in [-0.15, -0.1) is 0 Å². The molecule has 150 valence electrons. The third-order valence-corrected chi connectivity index (χ3v) is 4.61. The lowest BCUT2D eigenvalue weighted by atomic mass is 10.2. The second kappa shape index (κ2) is 8.73. The molecule has 0 bridgehead atoms. The van der Waals surface area contributed by atoms with Gasteiger partial charge >= 0.3 is 0 Å². The van der Waals surface area contributed by atoms with Crippen LogP contribution in [-0.2, 0) is 28.8 Å². The van der Waals surface area contributed by atoms with E-state index >= 15 is 0 Å². The maximum absolute atomic E-state index is 12.5. The smallest absolute Gasteiger partial charge is 0.256 e. The van der Waals surface area contributed by atoms with E-state index in [4.69, 9.17) is 0 Å². The summed E-state index contributed by atoms with van der Waals surface area (Å²) in [5, 5.41) is 0. The van der Waals surface area contributed by atoms with Crippen molar-refractivity contribution < 1.29 is 28.8 Å². The van der Waals surface area contributed by atoms with Crippen LogP contribution in [0.15, 0.2) is 23.3 Å². The van der Waals surface area contributed by atoms with Crippen LogP contribution in [0.4, 0.5) is 0 Å². The van der Waals surface area contributed by atoms with Crippen LogP contribution in [0.5, 0.6) is 0 Å². The number of amides is 5. The molecule has 2 heterocycles. The van der Waals surface area contributed by atoms with Crippen LogP contribution in [0.2, 0.25) is 0 Å². The molecule has 0 aromatic rings. The molecule has 2 rings (SSSR count). The first kappa shape index (κ1) is 21.2. The fourth-order valence-electron chi connectivity index (χ4n) is 2.94. The van der Waals surface area contributed by atoms with Gasteiger partial charge in [0.2, 0.25) is 5.91 Å². The topological polar surface area (TPSA) is 112 Å². The molecule has 2 aliphatic rings. The number of hydrogen-bond donors (Lipinski definition) is 0. The number of hydrogen-bond acceptors (Lipinski definition) is 6. The molecule has 0 aromatic heterocycles. The van der Waals surface area contributed by atoms with Crippen LogP contribution in [0.1, 0.15) is 33.6 Å². The highest BCUT2D eigenvalue weighted by molar-refractivity contribution is 6.16. The van der Waals surface area contributed by atoms with Gasteiger partial charge in [-0.3, -0.25) is 33.8 Å². The van der Waals surface area contributed by atoms with Gasteiger partial charge < -0.3 is 9.69 Å². The minimum absolute atomic E-state index is 0.00348. The van der Waals surface area contributed by atoms with Crippen LogP contribution < -0.4 is 0 Å². The van der Waals surface area contributed by atoms with Crippen molar-refractivity contribution >= 4 is 35.3 Å². The zero-order chi connectivity index (χ0) is 21.0. The number of rotatable bonds is 9. The SMILES string of the molecule is CC(=O)CCC(=O)N(CCN1C(=O)C=C(C)C1=O)CCN1C(=O)C=C(C)C1=O. The van der Waals surface area contributed by atoms with Crippen molar-refractivity contribution in [2.75, 3.05) is 26.2 Å². The first-order valence-corrected chi connectivity index (χ1v) is 8.97. The molecular weight excluding hydrogens is 366 g/mol. The van der Waals surface area contributed by atoms with Crippen molar-refractivity contribution in [1.82, 2.24) is 14.7 Å². The Morgan fingerprint density at radius 2 is 1.25 bits per heavy atom. The van der Waals surface area contributed by atoms with Crippen molar-refractivity contribution in [3.05, 3.63) is 23.3 Å². The van der Waals surface area contributed by atoms with E-state index in [1.807, 2.05) is 0 Å². The lowest BCUT2D eigenvalue weighted by Gasteiger charge is -2.27. The van der Waals surface area contributed by atoms with Crippen molar-refractivity contribution in [3.63, 3.8) is 0 Å². The molecule has 0 radical (unpaired) electrons. The van der Waals surface area contributed by atoms with Gasteiger partial charge in [0.1, 0.15) is 5.78 Å². The van der Waals surface area contributed by atoms with Gasteiger partial charge in [0, 0.05) is 62.3 Å². The summed E-state index contributed by atoms with van der Waals surface area (Å²) in [6.45, 7) is 4.55. The molecule has 0 spiro atoms. The van der Waals surface area contributed by atoms with E-state index in [1.165, 1.54) is 37.8 Å². The molecule has 0 aromatic carbocycles. The molecule has 5 amide bonds. The quantitative estimate of drug-likeness (QED) is 0.506. The number of ketones is 1. The zero-order valence-corrected chi connectivity index (χ0v) is 16.2. The molecule has 9 nitrogen and oxygen atoms in total. The molecule has 9 heteroatoms. The summed E-state index contributed by atoms with van der Waals surface area (Å²) in [4.78, 5) is 74.8. The average Bonchev–Trinajstić information content (AvgIpc) is 3.01. The minimum Gasteiger partial charge on any atom is -0.339 e. The third-order valence-electron chi connectivity index (χ3n) is 4.61. The van der Waals surface area contributed by atoms with Crippen LogP contribution in [0.25, 0.3) is 0 Å². The Labute approximate surface area is 162 Å². The van der Waals surface area contributed by atoms with Crippen LogP contribution in [0.3, 0.4) is 0 Å². The standard InChI is InChI=1S/C19H23N3O6/c1-12-10-16(25)21(18(12)27)8-6-20(15(24)5-4-14(3)23)7-9-22-17(26)11-13(2)19(22)28/h10-11H,4-9H2,1-3H3. The highest BCUT2D eigenvalue weighted by Crippen LogP contribution is 2.14. The molecule has 2 aliphatic heterocycles. The van der Waals surface area contributed by atoms with Crippen molar-refractivity contribution in [3.8, 4) is 0 Å². The maximum Gasteiger partial charge on any atom is 0.256 e. The summed E-state index contributed by atoms with van der Waals surface area (Å²) in [5.74, 6) is -2.19. The predicted molar refractivity (Wildman–Crippen MR) is 97.4 cm³/mol. The summed E-state index contributed by atoms with van der Waals surface area (Å²) >= 11 is 0. The predicted octanol–water partition coefficient (Wildman–Crippen LogP) is -0.186. The van der Waals surface area contributed by atoms with E-state index in [1.54, 1.807) is 0 Å². The number of carbonyl (C=O) groups is 6. The van der Waals surface area contributed by atoms with Crippen LogP contribution in [0, 0.1) is 0 Å². The monoisotopic (exact) mass is 389 g/mol. The molecule has 28 heavy (non-hydrogen) atoms. The van der Waals surface area contributed by atoms with E-state index in [0.717, 1.165) is 9.80 Å².